The summed E-state index contributed by atoms with van der Waals surface area (Å²) in [6.45, 7) is -0.294. The number of aromatic hydroxyl groups is 2. The summed E-state index contributed by atoms with van der Waals surface area (Å²) >= 11 is 0. The number of aliphatic hydroxyl groups excluding tert-OH is 3. The van der Waals surface area contributed by atoms with Crippen molar-refractivity contribution in [3.63, 3.8) is 0 Å². The Morgan fingerprint density at radius 3 is 2.21 bits per heavy atom. The number of carbonyl (C=O) groups excluding carboxylic acids is 2. The molecule has 0 aromatic heterocycles. The fourth-order valence-electron chi connectivity index (χ4n) is 3.72. The molecule has 6 N–H and O–H groups in total. The number of ether oxygens (including phenoxy) is 3. The van der Waals surface area contributed by atoms with Crippen molar-refractivity contribution < 1.29 is 49.3 Å². The maximum Gasteiger partial charge on any atom is 0.305 e. The maximum atomic E-state index is 12.6. The average Bonchev–Trinajstić information content (AvgIpc) is 2.81. The van der Waals surface area contributed by atoms with Crippen molar-refractivity contribution in [2.75, 3.05) is 20.3 Å². The number of esters is 1. The van der Waals surface area contributed by atoms with E-state index in [4.69, 9.17) is 9.47 Å². The fraction of sp³-hybridized carbons (Fsp3) is 0.652. The Bertz CT molecular complexity index is 769. The molecule has 0 spiro atoms. The van der Waals surface area contributed by atoms with Crippen LogP contribution in [0.15, 0.2) is 18.2 Å². The van der Waals surface area contributed by atoms with Gasteiger partial charge in [0, 0.05) is 24.7 Å². The molecule has 192 valence electrons. The molecule has 11 nitrogen and oxygen atoms in total. The molecule has 2 rings (SSSR count). The Labute approximate surface area is 198 Å². The number of phenols is 2. The minimum absolute atomic E-state index is 0.0607. The summed E-state index contributed by atoms with van der Waals surface area (Å²) in [6.07, 6.45) is 0.384. The van der Waals surface area contributed by atoms with Crippen LogP contribution in [-0.4, -0.2) is 88.4 Å². The summed E-state index contributed by atoms with van der Waals surface area (Å²) in [5.74, 6) is -1.57. The molecular weight excluding hydrogens is 450 g/mol. The van der Waals surface area contributed by atoms with Gasteiger partial charge in [-0.1, -0.05) is 25.7 Å². The van der Waals surface area contributed by atoms with Gasteiger partial charge in [-0.15, -0.1) is 0 Å². The molecule has 3 unspecified atom stereocenters. The third kappa shape index (κ3) is 8.41. The first-order valence-corrected chi connectivity index (χ1v) is 11.4. The van der Waals surface area contributed by atoms with Gasteiger partial charge in [-0.3, -0.25) is 9.59 Å². The highest BCUT2D eigenvalue weighted by Gasteiger charge is 2.45. The van der Waals surface area contributed by atoms with Gasteiger partial charge >= 0.3 is 5.97 Å². The van der Waals surface area contributed by atoms with Crippen LogP contribution in [0.3, 0.4) is 0 Å². The first-order valence-electron chi connectivity index (χ1n) is 11.4. The van der Waals surface area contributed by atoms with Crippen molar-refractivity contribution in [2.45, 2.75) is 75.6 Å². The van der Waals surface area contributed by atoms with Crippen LogP contribution in [0, 0.1) is 0 Å². The van der Waals surface area contributed by atoms with Gasteiger partial charge in [0.25, 0.3) is 5.91 Å². The Morgan fingerprint density at radius 1 is 0.971 bits per heavy atom. The Kier molecular flexibility index (Phi) is 11.5. The van der Waals surface area contributed by atoms with Gasteiger partial charge in [-0.05, 0) is 25.0 Å². The van der Waals surface area contributed by atoms with E-state index in [2.05, 4.69) is 10.1 Å². The fourth-order valence-corrected chi connectivity index (χ4v) is 3.72. The zero-order chi connectivity index (χ0) is 25.1. The number of aliphatic hydroxyl groups is 3. The number of hydrogen-bond donors (Lipinski definition) is 6. The van der Waals surface area contributed by atoms with Gasteiger partial charge < -0.3 is 45.1 Å². The maximum absolute atomic E-state index is 12.6. The largest absolute Gasteiger partial charge is 0.508 e. The first-order chi connectivity index (χ1) is 16.3. The summed E-state index contributed by atoms with van der Waals surface area (Å²) < 4.78 is 15.9. The van der Waals surface area contributed by atoms with E-state index in [1.165, 1.54) is 7.11 Å². The summed E-state index contributed by atoms with van der Waals surface area (Å²) in [5, 5.41) is 51.9. The predicted octanol–water partition coefficient (Wildman–Crippen LogP) is 0.555. The Morgan fingerprint density at radius 2 is 1.59 bits per heavy atom. The highest BCUT2D eigenvalue weighted by atomic mass is 16.7. The molecule has 0 aliphatic carbocycles. The molecule has 0 bridgehead atoms. The second-order valence-electron chi connectivity index (χ2n) is 8.26. The zero-order valence-corrected chi connectivity index (χ0v) is 19.3. The highest BCUT2D eigenvalue weighted by Crippen LogP contribution is 2.24. The molecule has 11 heteroatoms. The van der Waals surface area contributed by atoms with Gasteiger partial charge in [-0.2, -0.15) is 0 Å². The van der Waals surface area contributed by atoms with E-state index in [1.54, 1.807) is 0 Å². The molecular formula is C23H35NO10. The second-order valence-corrected chi connectivity index (χ2v) is 8.26. The van der Waals surface area contributed by atoms with E-state index in [0.717, 1.165) is 50.3 Å². The van der Waals surface area contributed by atoms with Crippen molar-refractivity contribution in [2.24, 2.45) is 0 Å². The van der Waals surface area contributed by atoms with Crippen LogP contribution in [0.2, 0.25) is 0 Å². The SMILES string of the molecule is COC(=O)CCCCCCCCO[C@@H]1OC(CO)[C@H](O)C(O)C1NC(=O)c1cc(O)cc(O)c1. The topological polar surface area (TPSA) is 175 Å². The zero-order valence-electron chi connectivity index (χ0n) is 19.3. The number of rotatable bonds is 13. The van der Waals surface area contributed by atoms with Crippen LogP contribution >= 0.6 is 0 Å². The van der Waals surface area contributed by atoms with Crippen molar-refractivity contribution in [1.29, 1.82) is 0 Å². The van der Waals surface area contributed by atoms with E-state index in [0.29, 0.717) is 12.8 Å². The molecule has 34 heavy (non-hydrogen) atoms. The number of nitrogens with one attached hydrogen (secondary N) is 1. The van der Waals surface area contributed by atoms with Crippen LogP contribution in [-0.2, 0) is 19.0 Å². The molecule has 1 aliphatic rings. The minimum Gasteiger partial charge on any atom is -0.508 e. The lowest BCUT2D eigenvalue weighted by Crippen LogP contribution is -2.64. The quantitative estimate of drug-likeness (QED) is 0.171. The van der Waals surface area contributed by atoms with Crippen molar-refractivity contribution >= 4 is 11.9 Å². The molecule has 1 amide bonds. The molecule has 1 aliphatic heterocycles. The third-order valence-electron chi connectivity index (χ3n) is 5.63. The molecule has 1 fully saturated rings. The number of unbranched alkanes of at least 4 members (excludes halogenated alkanes) is 5. The lowest BCUT2D eigenvalue weighted by atomic mass is 9.96. The van der Waals surface area contributed by atoms with Crippen LogP contribution < -0.4 is 5.32 Å². The highest BCUT2D eigenvalue weighted by molar-refractivity contribution is 5.95. The number of carbonyl (C=O) groups is 2. The van der Waals surface area contributed by atoms with E-state index >= 15 is 0 Å². The molecule has 1 heterocycles. The number of benzene rings is 1. The molecule has 0 radical (unpaired) electrons. The van der Waals surface area contributed by atoms with Crippen molar-refractivity contribution in [1.82, 2.24) is 5.32 Å². The summed E-state index contributed by atoms with van der Waals surface area (Å²) in [4.78, 5) is 23.7. The van der Waals surface area contributed by atoms with E-state index < -0.39 is 43.2 Å². The number of methoxy groups -OCH3 is 1. The summed E-state index contributed by atoms with van der Waals surface area (Å²) in [5.41, 5.74) is -0.0607. The standard InChI is InChI=1S/C23H35NO10/c1-32-18(28)8-6-4-2-3-5-7-9-33-23-19(21(30)20(29)17(13-25)34-23)24-22(31)14-10-15(26)12-16(27)11-14/h10-12,17,19-21,23,25-27,29-30H,2-9,13H2,1H3,(H,24,31)/t17?,19?,20-,21?,23+/m0/s1. The summed E-state index contributed by atoms with van der Waals surface area (Å²) in [6, 6.07) is 2.18. The van der Waals surface area contributed by atoms with Crippen molar-refractivity contribution in [3.05, 3.63) is 23.8 Å². The number of phenolic OH excluding ortho intramolecular Hbond substituents is 2. The minimum atomic E-state index is -1.49. The van der Waals surface area contributed by atoms with Crippen LogP contribution in [0.1, 0.15) is 55.3 Å². The lowest BCUT2D eigenvalue weighted by molar-refractivity contribution is -0.269. The monoisotopic (exact) mass is 485 g/mol. The van der Waals surface area contributed by atoms with Crippen LogP contribution in [0.4, 0.5) is 0 Å². The number of hydrogen-bond acceptors (Lipinski definition) is 10. The summed E-state index contributed by atoms with van der Waals surface area (Å²) in [7, 11) is 1.37. The second kappa shape index (κ2) is 14.1. The average molecular weight is 486 g/mol. The van der Waals surface area contributed by atoms with Gasteiger partial charge in [0.1, 0.15) is 35.9 Å². The molecule has 1 aromatic rings. The predicted molar refractivity (Wildman–Crippen MR) is 119 cm³/mol. The molecule has 0 saturated carbocycles. The van der Waals surface area contributed by atoms with Crippen LogP contribution in [0.5, 0.6) is 11.5 Å². The van der Waals surface area contributed by atoms with Gasteiger partial charge in [0.15, 0.2) is 6.29 Å². The number of amides is 1. The van der Waals surface area contributed by atoms with E-state index in [9.17, 15) is 35.1 Å². The first kappa shape index (κ1) is 27.8. The van der Waals surface area contributed by atoms with Gasteiger partial charge in [-0.25, -0.2) is 0 Å². The third-order valence-corrected chi connectivity index (χ3v) is 5.63. The van der Waals surface area contributed by atoms with Crippen LogP contribution in [0.25, 0.3) is 0 Å². The van der Waals surface area contributed by atoms with E-state index in [-0.39, 0.29) is 29.6 Å². The lowest BCUT2D eigenvalue weighted by Gasteiger charge is -2.42. The smallest absolute Gasteiger partial charge is 0.305 e. The molecule has 1 aromatic carbocycles. The molecule has 5 atom stereocenters. The van der Waals surface area contributed by atoms with Gasteiger partial charge in [0.05, 0.1) is 13.7 Å². The van der Waals surface area contributed by atoms with Gasteiger partial charge in [0.2, 0.25) is 0 Å². The molecule has 1 saturated heterocycles. The Hall–Kier alpha value is -2.44. The van der Waals surface area contributed by atoms with E-state index in [1.807, 2.05) is 0 Å². The van der Waals surface area contributed by atoms with Crippen molar-refractivity contribution in [3.8, 4) is 11.5 Å². The normalized spacial score (nSPS) is 24.5. The Balaban J connectivity index is 1.86.